The Hall–Kier alpha value is -2.21. The van der Waals surface area contributed by atoms with Gasteiger partial charge in [-0.25, -0.2) is 0 Å². The molecule has 0 atom stereocenters. The second kappa shape index (κ2) is 5.42. The van der Waals surface area contributed by atoms with Crippen molar-refractivity contribution in [1.29, 1.82) is 0 Å². The number of hydrogen-bond acceptors (Lipinski definition) is 0. The van der Waals surface area contributed by atoms with Gasteiger partial charge in [-0.1, -0.05) is 54.0 Å². The van der Waals surface area contributed by atoms with Crippen LogP contribution in [0.1, 0.15) is 19.4 Å². The molecule has 0 unspecified atom stereocenters. The SMILES string of the molecule is CC(C)=C(C#CC(F)(F)F)c1cccc2ccccc12. The van der Waals surface area contributed by atoms with Crippen LogP contribution in [0.25, 0.3) is 16.3 Å². The van der Waals surface area contributed by atoms with E-state index in [0.717, 1.165) is 21.9 Å². The molecule has 0 heterocycles. The van der Waals surface area contributed by atoms with Crippen LogP contribution in [-0.4, -0.2) is 6.18 Å². The smallest absolute Gasteiger partial charge is 0.159 e. The topological polar surface area (TPSA) is 0 Å². The van der Waals surface area contributed by atoms with Crippen LogP contribution < -0.4 is 0 Å². The average molecular weight is 274 g/mol. The van der Waals surface area contributed by atoms with E-state index in [2.05, 4.69) is 5.92 Å². The molecule has 20 heavy (non-hydrogen) atoms. The zero-order valence-electron chi connectivity index (χ0n) is 11.2. The van der Waals surface area contributed by atoms with Crippen LogP contribution in [0.2, 0.25) is 0 Å². The number of rotatable bonds is 1. The first-order chi connectivity index (χ1) is 9.38. The molecule has 2 aromatic carbocycles. The Labute approximate surface area is 115 Å². The Kier molecular flexibility index (Phi) is 3.85. The van der Waals surface area contributed by atoms with Crippen LogP contribution in [-0.2, 0) is 0 Å². The van der Waals surface area contributed by atoms with Gasteiger partial charge in [-0.15, -0.1) is 0 Å². The summed E-state index contributed by atoms with van der Waals surface area (Å²) in [4.78, 5) is 0. The standard InChI is InChI=1S/C17H13F3/c1-12(2)14(10-11-17(18,19)20)16-9-5-7-13-6-3-4-8-15(13)16/h3-9H,1-2H3. The maximum atomic E-state index is 12.3. The summed E-state index contributed by atoms with van der Waals surface area (Å²) in [6, 6.07) is 13.1. The molecule has 102 valence electrons. The highest BCUT2D eigenvalue weighted by Crippen LogP contribution is 2.27. The highest BCUT2D eigenvalue weighted by atomic mass is 19.4. The zero-order valence-corrected chi connectivity index (χ0v) is 11.2. The molecule has 0 saturated heterocycles. The lowest BCUT2D eigenvalue weighted by Gasteiger charge is -2.08. The van der Waals surface area contributed by atoms with Gasteiger partial charge in [-0.05, 0) is 30.2 Å². The van der Waals surface area contributed by atoms with E-state index in [1.54, 1.807) is 19.9 Å². The van der Waals surface area contributed by atoms with E-state index in [1.165, 1.54) is 5.92 Å². The molecule has 0 amide bonds. The second-order valence-corrected chi connectivity index (χ2v) is 4.65. The minimum Gasteiger partial charge on any atom is -0.159 e. The molecule has 0 aliphatic carbocycles. The highest BCUT2D eigenvalue weighted by molar-refractivity contribution is 5.98. The van der Waals surface area contributed by atoms with E-state index >= 15 is 0 Å². The van der Waals surface area contributed by atoms with Gasteiger partial charge in [0.1, 0.15) is 0 Å². The first kappa shape index (κ1) is 14.2. The predicted octanol–water partition coefficient (Wildman–Crippen LogP) is 5.20. The maximum Gasteiger partial charge on any atom is 0.458 e. The Balaban J connectivity index is 2.65. The van der Waals surface area contributed by atoms with E-state index in [0.29, 0.717) is 5.57 Å². The molecule has 0 aromatic heterocycles. The van der Waals surface area contributed by atoms with Crippen LogP contribution in [0, 0.1) is 11.8 Å². The summed E-state index contributed by atoms with van der Waals surface area (Å²) in [5.74, 6) is 3.63. The lowest BCUT2D eigenvalue weighted by atomic mass is 9.96. The number of alkyl halides is 3. The third-order valence-corrected chi connectivity index (χ3v) is 2.89. The van der Waals surface area contributed by atoms with E-state index < -0.39 is 6.18 Å². The van der Waals surface area contributed by atoms with Crippen molar-refractivity contribution in [1.82, 2.24) is 0 Å². The van der Waals surface area contributed by atoms with Crippen LogP contribution in [0.3, 0.4) is 0 Å². The summed E-state index contributed by atoms with van der Waals surface area (Å²) in [6.07, 6.45) is -4.48. The summed E-state index contributed by atoms with van der Waals surface area (Å²) in [6.45, 7) is 3.53. The number of allylic oxidation sites excluding steroid dienone is 2. The lowest BCUT2D eigenvalue weighted by Crippen LogP contribution is -2.02. The van der Waals surface area contributed by atoms with Gasteiger partial charge >= 0.3 is 6.18 Å². The van der Waals surface area contributed by atoms with Crippen molar-refractivity contribution in [2.24, 2.45) is 0 Å². The van der Waals surface area contributed by atoms with E-state index in [-0.39, 0.29) is 0 Å². The predicted molar refractivity (Wildman–Crippen MR) is 76.0 cm³/mol. The number of halogens is 3. The third kappa shape index (κ3) is 3.21. The number of benzene rings is 2. The number of hydrogen-bond donors (Lipinski definition) is 0. The second-order valence-electron chi connectivity index (χ2n) is 4.65. The van der Waals surface area contributed by atoms with E-state index in [9.17, 15) is 13.2 Å². The van der Waals surface area contributed by atoms with Crippen molar-refractivity contribution < 1.29 is 13.2 Å². The maximum absolute atomic E-state index is 12.3. The molecule has 0 spiro atoms. The van der Waals surface area contributed by atoms with Crippen LogP contribution in [0.4, 0.5) is 13.2 Å². The van der Waals surface area contributed by atoms with Gasteiger partial charge < -0.3 is 0 Å². The fourth-order valence-electron chi connectivity index (χ4n) is 2.04. The van der Waals surface area contributed by atoms with Gasteiger partial charge in [0.25, 0.3) is 0 Å². The zero-order chi connectivity index (χ0) is 14.8. The molecule has 0 N–H and O–H groups in total. The van der Waals surface area contributed by atoms with Crippen LogP contribution >= 0.6 is 0 Å². The first-order valence-corrected chi connectivity index (χ1v) is 6.14. The Morgan fingerprint density at radius 3 is 2.25 bits per heavy atom. The van der Waals surface area contributed by atoms with Crippen LogP contribution in [0.15, 0.2) is 48.0 Å². The molecule has 2 rings (SSSR count). The average Bonchev–Trinajstić information content (AvgIpc) is 2.37. The summed E-state index contributed by atoms with van der Waals surface area (Å²) >= 11 is 0. The van der Waals surface area contributed by atoms with Gasteiger partial charge in [-0.2, -0.15) is 13.2 Å². The van der Waals surface area contributed by atoms with E-state index in [4.69, 9.17) is 0 Å². The molecule has 0 radical (unpaired) electrons. The van der Waals surface area contributed by atoms with Gasteiger partial charge in [0.15, 0.2) is 0 Å². The van der Waals surface area contributed by atoms with Crippen molar-refractivity contribution in [3.05, 3.63) is 53.6 Å². The normalized spacial score (nSPS) is 10.8. The summed E-state index contributed by atoms with van der Waals surface area (Å²) in [7, 11) is 0. The molecule has 0 nitrogen and oxygen atoms in total. The van der Waals surface area contributed by atoms with Gasteiger partial charge in [-0.3, -0.25) is 0 Å². The fourth-order valence-corrected chi connectivity index (χ4v) is 2.04. The van der Waals surface area contributed by atoms with E-state index in [1.807, 2.05) is 36.4 Å². The molecule has 0 saturated carbocycles. The largest absolute Gasteiger partial charge is 0.458 e. The van der Waals surface area contributed by atoms with Crippen molar-refractivity contribution in [3.8, 4) is 11.8 Å². The van der Waals surface area contributed by atoms with Crippen molar-refractivity contribution in [2.75, 3.05) is 0 Å². The fraction of sp³-hybridized carbons (Fsp3) is 0.176. The van der Waals surface area contributed by atoms with Gasteiger partial charge in [0.05, 0.1) is 0 Å². The van der Waals surface area contributed by atoms with Crippen molar-refractivity contribution >= 4 is 16.3 Å². The number of fused-ring (bicyclic) bond motifs is 1. The summed E-state index contributed by atoms with van der Waals surface area (Å²) in [5, 5.41) is 1.89. The molecule has 0 fully saturated rings. The van der Waals surface area contributed by atoms with Crippen LogP contribution in [0.5, 0.6) is 0 Å². The Morgan fingerprint density at radius 2 is 1.60 bits per heavy atom. The molecule has 0 aliphatic rings. The monoisotopic (exact) mass is 274 g/mol. The minimum absolute atomic E-state index is 0.430. The third-order valence-electron chi connectivity index (χ3n) is 2.89. The minimum atomic E-state index is -4.48. The summed E-state index contributed by atoms with van der Waals surface area (Å²) in [5.41, 5.74) is 1.93. The lowest BCUT2D eigenvalue weighted by molar-refractivity contribution is -0.0696. The quantitative estimate of drug-likeness (QED) is 0.627. The molecule has 3 heteroatoms. The first-order valence-electron chi connectivity index (χ1n) is 6.14. The molecule has 0 aliphatic heterocycles. The molecular formula is C17H13F3. The van der Waals surface area contributed by atoms with Gasteiger partial charge in [0, 0.05) is 11.5 Å². The highest BCUT2D eigenvalue weighted by Gasteiger charge is 2.23. The molecule has 2 aromatic rings. The summed E-state index contributed by atoms with van der Waals surface area (Å²) < 4.78 is 36.9. The molecule has 0 bridgehead atoms. The van der Waals surface area contributed by atoms with Gasteiger partial charge in [0.2, 0.25) is 0 Å². The van der Waals surface area contributed by atoms with Crippen molar-refractivity contribution in [2.45, 2.75) is 20.0 Å². The Bertz CT molecular complexity index is 716. The van der Waals surface area contributed by atoms with Crippen molar-refractivity contribution in [3.63, 3.8) is 0 Å². The molecular weight excluding hydrogens is 261 g/mol. The Morgan fingerprint density at radius 1 is 0.950 bits per heavy atom.